The van der Waals surface area contributed by atoms with Crippen LogP contribution in [0.5, 0.6) is 5.75 Å². The van der Waals surface area contributed by atoms with Gasteiger partial charge in [-0.15, -0.1) is 0 Å². The van der Waals surface area contributed by atoms with Crippen LogP contribution in [0.25, 0.3) is 10.2 Å². The van der Waals surface area contributed by atoms with Crippen molar-refractivity contribution in [3.05, 3.63) is 58.1 Å². The zero-order chi connectivity index (χ0) is 18.7. The van der Waals surface area contributed by atoms with Gasteiger partial charge in [0, 0.05) is 12.1 Å². The van der Waals surface area contributed by atoms with Crippen molar-refractivity contribution < 1.29 is 14.5 Å². The van der Waals surface area contributed by atoms with Gasteiger partial charge in [-0.1, -0.05) is 37.3 Å². The van der Waals surface area contributed by atoms with E-state index in [9.17, 15) is 14.9 Å². The van der Waals surface area contributed by atoms with Crippen molar-refractivity contribution in [2.75, 3.05) is 11.9 Å². The molecule has 26 heavy (non-hydrogen) atoms. The molecule has 0 unspecified atom stereocenters. The zero-order valence-corrected chi connectivity index (χ0v) is 15.1. The van der Waals surface area contributed by atoms with E-state index < -0.39 is 4.92 Å². The molecule has 0 fully saturated rings. The zero-order valence-electron chi connectivity index (χ0n) is 14.3. The molecule has 0 bridgehead atoms. The maximum atomic E-state index is 12.1. The molecule has 7 nitrogen and oxygen atoms in total. The number of carbonyl (C=O) groups excluding carboxylic acids is 1. The number of hydrogen-bond donors (Lipinski definition) is 1. The monoisotopic (exact) mass is 371 g/mol. The van der Waals surface area contributed by atoms with Crippen molar-refractivity contribution in [2.24, 2.45) is 0 Å². The van der Waals surface area contributed by atoms with Crippen molar-refractivity contribution in [3.8, 4) is 5.75 Å². The molecule has 2 aromatic carbocycles. The highest BCUT2D eigenvalue weighted by atomic mass is 32.1. The quantitative estimate of drug-likeness (QED) is 0.513. The van der Waals surface area contributed by atoms with Crippen LogP contribution >= 0.6 is 11.3 Å². The first-order valence-corrected chi connectivity index (χ1v) is 8.81. The van der Waals surface area contributed by atoms with Gasteiger partial charge >= 0.3 is 0 Å². The number of ether oxygens (including phenoxy) is 1. The SMILES string of the molecule is CC(C)c1cccc(OCC(=O)Nc2nc3ccc([N+](=O)[O-])cc3s2)c1. The molecule has 0 radical (unpaired) electrons. The smallest absolute Gasteiger partial charge is 0.270 e. The number of nitro benzene ring substituents is 1. The van der Waals surface area contributed by atoms with Gasteiger partial charge in [0.05, 0.1) is 15.1 Å². The summed E-state index contributed by atoms with van der Waals surface area (Å²) in [6.45, 7) is 4.03. The first kappa shape index (κ1) is 17.8. The Balaban J connectivity index is 1.64. The predicted octanol–water partition coefficient (Wildman–Crippen LogP) is 4.35. The Morgan fingerprint density at radius 1 is 1.31 bits per heavy atom. The number of nitrogens with one attached hydrogen (secondary N) is 1. The van der Waals surface area contributed by atoms with E-state index in [-0.39, 0.29) is 18.2 Å². The summed E-state index contributed by atoms with van der Waals surface area (Å²) in [5, 5.41) is 13.9. The van der Waals surface area contributed by atoms with Gasteiger partial charge in [0.15, 0.2) is 11.7 Å². The van der Waals surface area contributed by atoms with Crippen LogP contribution in [-0.2, 0) is 4.79 Å². The molecule has 1 amide bonds. The summed E-state index contributed by atoms with van der Waals surface area (Å²) in [6.07, 6.45) is 0. The molecule has 0 saturated carbocycles. The summed E-state index contributed by atoms with van der Waals surface area (Å²) in [6, 6.07) is 12.0. The van der Waals surface area contributed by atoms with Crippen molar-refractivity contribution in [3.63, 3.8) is 0 Å². The second-order valence-corrected chi connectivity index (χ2v) is 7.02. The number of aromatic nitrogens is 1. The van der Waals surface area contributed by atoms with Crippen molar-refractivity contribution in [1.29, 1.82) is 0 Å². The average Bonchev–Trinajstić information content (AvgIpc) is 3.01. The maximum absolute atomic E-state index is 12.1. The van der Waals surface area contributed by atoms with Gasteiger partial charge in [-0.3, -0.25) is 20.2 Å². The molecule has 0 spiro atoms. The van der Waals surface area contributed by atoms with E-state index in [0.717, 1.165) is 5.56 Å². The summed E-state index contributed by atoms with van der Waals surface area (Å²) in [7, 11) is 0. The topological polar surface area (TPSA) is 94.4 Å². The number of rotatable bonds is 6. The Morgan fingerprint density at radius 2 is 2.12 bits per heavy atom. The highest BCUT2D eigenvalue weighted by molar-refractivity contribution is 7.22. The minimum atomic E-state index is -0.462. The molecule has 3 aromatic rings. The Labute approximate surface area is 153 Å². The van der Waals surface area contributed by atoms with E-state index >= 15 is 0 Å². The summed E-state index contributed by atoms with van der Waals surface area (Å²) >= 11 is 1.18. The van der Waals surface area contributed by atoms with Crippen LogP contribution in [0.1, 0.15) is 25.3 Å². The van der Waals surface area contributed by atoms with Gasteiger partial charge in [-0.25, -0.2) is 4.98 Å². The molecule has 1 aromatic heterocycles. The van der Waals surface area contributed by atoms with Crippen molar-refractivity contribution >= 4 is 38.3 Å². The van der Waals surface area contributed by atoms with Crippen LogP contribution in [-0.4, -0.2) is 22.4 Å². The molecule has 1 N–H and O–H groups in total. The molecule has 3 rings (SSSR count). The number of anilines is 1. The minimum Gasteiger partial charge on any atom is -0.484 e. The Kier molecular flexibility index (Phi) is 5.13. The van der Waals surface area contributed by atoms with Crippen molar-refractivity contribution in [2.45, 2.75) is 19.8 Å². The van der Waals surface area contributed by atoms with E-state index in [0.29, 0.717) is 27.0 Å². The van der Waals surface area contributed by atoms with Gasteiger partial charge in [0.1, 0.15) is 5.75 Å². The van der Waals surface area contributed by atoms with Gasteiger partial charge < -0.3 is 4.74 Å². The fourth-order valence-electron chi connectivity index (χ4n) is 2.35. The fourth-order valence-corrected chi connectivity index (χ4v) is 3.26. The second-order valence-electron chi connectivity index (χ2n) is 5.99. The third-order valence-electron chi connectivity index (χ3n) is 3.72. The number of benzene rings is 2. The molecule has 0 aliphatic heterocycles. The number of thiazole rings is 1. The molecule has 1 heterocycles. The molecular formula is C18H17N3O4S. The molecule has 8 heteroatoms. The van der Waals surface area contributed by atoms with E-state index in [2.05, 4.69) is 24.1 Å². The fraction of sp³-hybridized carbons (Fsp3) is 0.222. The van der Waals surface area contributed by atoms with Crippen LogP contribution in [0.15, 0.2) is 42.5 Å². The van der Waals surface area contributed by atoms with Gasteiger partial charge in [-0.2, -0.15) is 0 Å². The highest BCUT2D eigenvalue weighted by Crippen LogP contribution is 2.29. The van der Waals surface area contributed by atoms with Crippen LogP contribution in [0.4, 0.5) is 10.8 Å². The van der Waals surface area contributed by atoms with E-state index in [1.54, 1.807) is 12.1 Å². The van der Waals surface area contributed by atoms with E-state index in [1.165, 1.54) is 23.5 Å². The molecule has 0 saturated heterocycles. The molecule has 134 valence electrons. The third kappa shape index (κ3) is 4.15. The lowest BCUT2D eigenvalue weighted by Crippen LogP contribution is -2.20. The van der Waals surface area contributed by atoms with Crippen molar-refractivity contribution in [1.82, 2.24) is 4.98 Å². The maximum Gasteiger partial charge on any atom is 0.270 e. The van der Waals surface area contributed by atoms with Crippen LogP contribution in [0, 0.1) is 10.1 Å². The summed E-state index contributed by atoms with van der Waals surface area (Å²) in [4.78, 5) is 26.7. The summed E-state index contributed by atoms with van der Waals surface area (Å²) in [5.74, 6) is 0.666. The summed E-state index contributed by atoms with van der Waals surface area (Å²) < 4.78 is 6.17. The molecular weight excluding hydrogens is 354 g/mol. The van der Waals surface area contributed by atoms with E-state index in [4.69, 9.17) is 4.74 Å². The Morgan fingerprint density at radius 3 is 2.85 bits per heavy atom. The van der Waals surface area contributed by atoms with Crippen LogP contribution in [0.2, 0.25) is 0 Å². The lowest BCUT2D eigenvalue weighted by Gasteiger charge is -2.09. The number of nitrogens with zero attached hydrogens (tertiary/aromatic N) is 2. The Hall–Kier alpha value is -3.00. The number of non-ortho nitro benzene ring substituents is 1. The Bertz CT molecular complexity index is 968. The third-order valence-corrected chi connectivity index (χ3v) is 4.66. The van der Waals surface area contributed by atoms with Gasteiger partial charge in [-0.05, 0) is 29.7 Å². The number of carbonyl (C=O) groups is 1. The van der Waals surface area contributed by atoms with Crippen LogP contribution in [0.3, 0.4) is 0 Å². The lowest BCUT2D eigenvalue weighted by molar-refractivity contribution is -0.384. The standard InChI is InChI=1S/C18H17N3O4S/c1-11(2)12-4-3-5-14(8-12)25-10-17(22)20-18-19-15-7-6-13(21(23)24)9-16(15)26-18/h3-9,11H,10H2,1-2H3,(H,19,20,22). The molecule has 0 aliphatic rings. The summed E-state index contributed by atoms with van der Waals surface area (Å²) in [5.41, 5.74) is 1.73. The normalized spacial score (nSPS) is 10.9. The highest BCUT2D eigenvalue weighted by Gasteiger charge is 2.12. The number of fused-ring (bicyclic) bond motifs is 1. The molecule has 0 aliphatic carbocycles. The number of nitro groups is 1. The minimum absolute atomic E-state index is 0.00704. The molecule has 0 atom stereocenters. The second kappa shape index (κ2) is 7.49. The number of hydrogen-bond acceptors (Lipinski definition) is 6. The lowest BCUT2D eigenvalue weighted by atomic mass is 10.0. The number of amides is 1. The van der Waals surface area contributed by atoms with Crippen LogP contribution < -0.4 is 10.1 Å². The van der Waals surface area contributed by atoms with Gasteiger partial charge in [0.25, 0.3) is 11.6 Å². The largest absolute Gasteiger partial charge is 0.484 e. The first-order valence-electron chi connectivity index (χ1n) is 8.00. The first-order chi connectivity index (χ1) is 12.4. The van der Waals surface area contributed by atoms with E-state index in [1.807, 2.05) is 18.2 Å². The predicted molar refractivity (Wildman–Crippen MR) is 101 cm³/mol. The van der Waals surface area contributed by atoms with Gasteiger partial charge in [0.2, 0.25) is 0 Å². The average molecular weight is 371 g/mol.